The fourth-order valence-corrected chi connectivity index (χ4v) is 3.40. The molecular formula is C12H16F3N3O2. The predicted octanol–water partition coefficient (Wildman–Crippen LogP) is 1.05. The number of nitrogens with zero attached hydrogens (tertiary/aromatic N) is 3. The Balaban J connectivity index is 1.66. The second-order valence-electron chi connectivity index (χ2n) is 5.64. The van der Waals surface area contributed by atoms with Crippen molar-refractivity contribution in [1.82, 2.24) is 14.7 Å². The van der Waals surface area contributed by atoms with Crippen LogP contribution in [0.1, 0.15) is 19.3 Å². The molecule has 0 aromatic carbocycles. The number of amides is 3. The van der Waals surface area contributed by atoms with Gasteiger partial charge in [-0.2, -0.15) is 13.2 Å². The van der Waals surface area contributed by atoms with Crippen molar-refractivity contribution in [2.75, 3.05) is 26.2 Å². The molecule has 3 rings (SSSR count). The van der Waals surface area contributed by atoms with Crippen LogP contribution >= 0.6 is 0 Å². The maximum Gasteiger partial charge on any atom is 0.401 e. The number of carbonyl (C=O) groups excluding carboxylic acids is 2. The Morgan fingerprint density at radius 1 is 1.15 bits per heavy atom. The molecule has 0 N–H and O–H groups in total. The molecule has 0 saturated carbocycles. The predicted molar refractivity (Wildman–Crippen MR) is 62.9 cm³/mol. The smallest absolute Gasteiger partial charge is 0.312 e. The van der Waals surface area contributed by atoms with E-state index in [9.17, 15) is 22.8 Å². The van der Waals surface area contributed by atoms with E-state index in [1.54, 1.807) is 4.90 Å². The molecule has 0 spiro atoms. The minimum Gasteiger partial charge on any atom is -0.312 e. The molecule has 8 heteroatoms. The summed E-state index contributed by atoms with van der Waals surface area (Å²) in [5.41, 5.74) is 0. The van der Waals surface area contributed by atoms with Gasteiger partial charge in [-0.25, -0.2) is 4.79 Å². The van der Waals surface area contributed by atoms with Gasteiger partial charge in [-0.05, 0) is 19.3 Å². The normalized spacial score (nSPS) is 31.6. The topological polar surface area (TPSA) is 43.9 Å². The Labute approximate surface area is 114 Å². The van der Waals surface area contributed by atoms with Crippen molar-refractivity contribution >= 4 is 11.9 Å². The van der Waals surface area contributed by atoms with Crippen molar-refractivity contribution in [3.8, 4) is 0 Å². The molecule has 3 aliphatic rings. The van der Waals surface area contributed by atoms with E-state index in [1.165, 1.54) is 9.80 Å². The molecule has 1 unspecified atom stereocenters. The van der Waals surface area contributed by atoms with Crippen LogP contribution in [0.3, 0.4) is 0 Å². The van der Waals surface area contributed by atoms with Gasteiger partial charge in [0, 0.05) is 19.6 Å². The molecule has 3 fully saturated rings. The Morgan fingerprint density at radius 2 is 1.90 bits per heavy atom. The van der Waals surface area contributed by atoms with E-state index in [1.807, 2.05) is 0 Å². The average molecular weight is 291 g/mol. The molecule has 0 bridgehead atoms. The Kier molecular flexibility index (Phi) is 3.15. The molecule has 2 atom stereocenters. The summed E-state index contributed by atoms with van der Waals surface area (Å²) < 4.78 is 37.1. The third-order valence-corrected chi connectivity index (χ3v) is 4.24. The van der Waals surface area contributed by atoms with Gasteiger partial charge in [-0.3, -0.25) is 14.6 Å². The summed E-state index contributed by atoms with van der Waals surface area (Å²) >= 11 is 0. The zero-order chi connectivity index (χ0) is 14.5. The number of carbonyl (C=O) groups is 2. The second kappa shape index (κ2) is 4.61. The number of fused-ring (bicyclic) bond motifs is 1. The van der Waals surface area contributed by atoms with Crippen LogP contribution in [0.5, 0.6) is 0 Å². The zero-order valence-corrected chi connectivity index (χ0v) is 10.9. The number of hydrogen-bond acceptors (Lipinski definition) is 3. The van der Waals surface area contributed by atoms with E-state index in [0.29, 0.717) is 19.4 Å². The standard InChI is InChI=1S/C12H16F3N3O2/c13-12(14,15)7-16-5-3-8(6-16)18-10(19)9-2-1-4-17(9)11(18)20/h8-9H,1-7H2/t8?,9-/m1/s1. The van der Waals surface area contributed by atoms with Crippen LogP contribution in [0.15, 0.2) is 0 Å². The molecular weight excluding hydrogens is 275 g/mol. The van der Waals surface area contributed by atoms with Gasteiger partial charge in [0.2, 0.25) is 0 Å². The Morgan fingerprint density at radius 3 is 2.55 bits per heavy atom. The van der Waals surface area contributed by atoms with Gasteiger partial charge in [0.1, 0.15) is 6.04 Å². The van der Waals surface area contributed by atoms with E-state index in [4.69, 9.17) is 0 Å². The largest absolute Gasteiger partial charge is 0.401 e. The molecule has 112 valence electrons. The first-order valence-electron chi connectivity index (χ1n) is 6.79. The summed E-state index contributed by atoms with van der Waals surface area (Å²) in [5, 5.41) is 0. The molecule has 0 aromatic rings. The van der Waals surface area contributed by atoms with Gasteiger partial charge in [0.15, 0.2) is 0 Å². The average Bonchev–Trinajstić information content (AvgIpc) is 2.98. The zero-order valence-electron chi connectivity index (χ0n) is 10.9. The minimum absolute atomic E-state index is 0.123. The molecule has 3 amide bonds. The van der Waals surface area contributed by atoms with Crippen LogP contribution < -0.4 is 0 Å². The summed E-state index contributed by atoms with van der Waals surface area (Å²) in [7, 11) is 0. The maximum absolute atomic E-state index is 12.4. The van der Waals surface area contributed by atoms with E-state index in [2.05, 4.69) is 0 Å². The number of likely N-dealkylation sites (tertiary alicyclic amines) is 1. The molecule has 3 heterocycles. The van der Waals surface area contributed by atoms with Crippen LogP contribution in [0, 0.1) is 0 Å². The van der Waals surface area contributed by atoms with Gasteiger partial charge in [0.25, 0.3) is 5.91 Å². The molecule has 0 radical (unpaired) electrons. The number of halogens is 3. The van der Waals surface area contributed by atoms with Crippen LogP contribution in [0.25, 0.3) is 0 Å². The fraction of sp³-hybridized carbons (Fsp3) is 0.833. The van der Waals surface area contributed by atoms with Crippen LogP contribution in [0.4, 0.5) is 18.0 Å². The highest BCUT2D eigenvalue weighted by atomic mass is 19.4. The lowest BCUT2D eigenvalue weighted by molar-refractivity contribution is -0.143. The van der Waals surface area contributed by atoms with E-state index in [-0.39, 0.29) is 31.1 Å². The summed E-state index contributed by atoms with van der Waals surface area (Å²) in [6.07, 6.45) is -2.33. The van der Waals surface area contributed by atoms with Crippen molar-refractivity contribution in [1.29, 1.82) is 0 Å². The highest BCUT2D eigenvalue weighted by molar-refractivity contribution is 6.05. The van der Waals surface area contributed by atoms with Crippen LogP contribution in [-0.2, 0) is 4.79 Å². The number of hydrogen-bond donors (Lipinski definition) is 0. The van der Waals surface area contributed by atoms with E-state index >= 15 is 0 Å². The molecule has 5 nitrogen and oxygen atoms in total. The highest BCUT2D eigenvalue weighted by Crippen LogP contribution is 2.31. The van der Waals surface area contributed by atoms with Gasteiger partial charge < -0.3 is 4.90 Å². The second-order valence-corrected chi connectivity index (χ2v) is 5.64. The van der Waals surface area contributed by atoms with E-state index in [0.717, 1.165) is 6.42 Å². The number of urea groups is 1. The van der Waals surface area contributed by atoms with Crippen LogP contribution in [-0.4, -0.2) is 71.1 Å². The first-order valence-corrected chi connectivity index (χ1v) is 6.79. The number of imide groups is 1. The van der Waals surface area contributed by atoms with Gasteiger partial charge in [-0.15, -0.1) is 0 Å². The summed E-state index contributed by atoms with van der Waals surface area (Å²) in [6, 6.07) is -1.11. The third-order valence-electron chi connectivity index (χ3n) is 4.24. The summed E-state index contributed by atoms with van der Waals surface area (Å²) in [6.45, 7) is -0.0129. The summed E-state index contributed by atoms with van der Waals surface area (Å²) in [5.74, 6) is -0.230. The van der Waals surface area contributed by atoms with Gasteiger partial charge >= 0.3 is 12.2 Å². The van der Waals surface area contributed by atoms with Crippen molar-refractivity contribution in [2.24, 2.45) is 0 Å². The van der Waals surface area contributed by atoms with E-state index < -0.39 is 18.8 Å². The van der Waals surface area contributed by atoms with Gasteiger partial charge in [0.05, 0.1) is 12.6 Å². The number of rotatable bonds is 2. The molecule has 0 aromatic heterocycles. The molecule has 0 aliphatic carbocycles. The van der Waals surface area contributed by atoms with Crippen LogP contribution in [0.2, 0.25) is 0 Å². The minimum atomic E-state index is -4.24. The molecule has 3 aliphatic heterocycles. The Bertz CT molecular complexity index is 418. The van der Waals surface area contributed by atoms with Crippen molar-refractivity contribution in [3.63, 3.8) is 0 Å². The molecule has 3 saturated heterocycles. The van der Waals surface area contributed by atoms with Crippen molar-refractivity contribution < 1.29 is 22.8 Å². The monoisotopic (exact) mass is 291 g/mol. The SMILES string of the molecule is O=C1[C@H]2CCCN2C(=O)N1C1CCN(CC(F)(F)F)C1. The molecule has 20 heavy (non-hydrogen) atoms. The lowest BCUT2D eigenvalue weighted by Gasteiger charge is -2.23. The summed E-state index contributed by atoms with van der Waals surface area (Å²) in [4.78, 5) is 28.4. The lowest BCUT2D eigenvalue weighted by Crippen LogP contribution is -2.44. The lowest BCUT2D eigenvalue weighted by atomic mass is 10.2. The fourth-order valence-electron chi connectivity index (χ4n) is 3.40. The number of alkyl halides is 3. The Hall–Kier alpha value is -1.31. The maximum atomic E-state index is 12.4. The third kappa shape index (κ3) is 2.25. The highest BCUT2D eigenvalue weighted by Gasteiger charge is 2.51. The van der Waals surface area contributed by atoms with Gasteiger partial charge in [-0.1, -0.05) is 0 Å². The van der Waals surface area contributed by atoms with Crippen molar-refractivity contribution in [3.05, 3.63) is 0 Å². The first-order chi connectivity index (χ1) is 9.37. The first kappa shape index (κ1) is 13.7. The van der Waals surface area contributed by atoms with Crippen molar-refractivity contribution in [2.45, 2.75) is 37.5 Å². The quantitative estimate of drug-likeness (QED) is 0.714.